The van der Waals surface area contributed by atoms with E-state index in [1.54, 1.807) is 10.3 Å². The maximum Gasteiger partial charge on any atom is 0.313 e. The minimum absolute atomic E-state index is 0.0803. The van der Waals surface area contributed by atoms with E-state index in [1.165, 1.54) is 13.0 Å². The van der Waals surface area contributed by atoms with Crippen molar-refractivity contribution in [2.24, 2.45) is 11.1 Å². The van der Waals surface area contributed by atoms with Crippen molar-refractivity contribution in [2.45, 2.75) is 45.1 Å². The number of primary amides is 1. The summed E-state index contributed by atoms with van der Waals surface area (Å²) in [7, 11) is 0. The number of carbonyl (C=O) groups is 4. The molecule has 0 aromatic carbocycles. The van der Waals surface area contributed by atoms with E-state index in [4.69, 9.17) is 15.2 Å². The van der Waals surface area contributed by atoms with Crippen molar-refractivity contribution < 1.29 is 28.7 Å². The van der Waals surface area contributed by atoms with Crippen molar-refractivity contribution in [2.75, 3.05) is 31.6 Å². The molecular weight excluding hydrogens is 410 g/mol. The summed E-state index contributed by atoms with van der Waals surface area (Å²) in [4.78, 5) is 51.4. The van der Waals surface area contributed by atoms with Gasteiger partial charge in [0, 0.05) is 19.5 Å². The van der Waals surface area contributed by atoms with E-state index in [0.717, 1.165) is 24.2 Å². The number of thiophene rings is 1. The number of ether oxygens (including phenoxy) is 2. The van der Waals surface area contributed by atoms with Crippen molar-refractivity contribution in [1.82, 2.24) is 4.90 Å². The van der Waals surface area contributed by atoms with Crippen LogP contribution in [0.1, 0.15) is 49.4 Å². The van der Waals surface area contributed by atoms with Gasteiger partial charge in [0.25, 0.3) is 11.8 Å². The lowest BCUT2D eigenvalue weighted by Gasteiger charge is -2.32. The van der Waals surface area contributed by atoms with Crippen LogP contribution in [-0.4, -0.2) is 61.0 Å². The zero-order chi connectivity index (χ0) is 21.7. The van der Waals surface area contributed by atoms with Crippen LogP contribution in [0.25, 0.3) is 0 Å². The fraction of sp³-hybridized carbons (Fsp3) is 0.600. The summed E-state index contributed by atoms with van der Waals surface area (Å²) < 4.78 is 10.8. The summed E-state index contributed by atoms with van der Waals surface area (Å²) in [6, 6.07) is 1.52. The van der Waals surface area contributed by atoms with Crippen molar-refractivity contribution >= 4 is 40.0 Å². The minimum atomic E-state index is -1.07. The molecule has 1 saturated heterocycles. The summed E-state index contributed by atoms with van der Waals surface area (Å²) in [6.45, 7) is 3.50. The second-order valence-electron chi connectivity index (χ2n) is 7.72. The number of carbonyl (C=O) groups excluding carboxylic acids is 4. The van der Waals surface area contributed by atoms with Crippen molar-refractivity contribution in [3.63, 3.8) is 0 Å². The number of hydrogen-bond donors (Lipinski definition) is 2. The third-order valence-corrected chi connectivity index (χ3v) is 6.50. The van der Waals surface area contributed by atoms with Gasteiger partial charge in [-0.15, -0.1) is 11.3 Å². The number of nitrogens with zero attached hydrogens (tertiary/aromatic N) is 1. The van der Waals surface area contributed by atoms with Crippen LogP contribution >= 0.6 is 11.3 Å². The first kappa shape index (κ1) is 22.2. The quantitative estimate of drug-likeness (QED) is 0.623. The van der Waals surface area contributed by atoms with Gasteiger partial charge in [-0.2, -0.15) is 0 Å². The first-order chi connectivity index (χ1) is 14.3. The van der Waals surface area contributed by atoms with Gasteiger partial charge in [-0.1, -0.05) is 12.8 Å². The van der Waals surface area contributed by atoms with Gasteiger partial charge in [0.1, 0.15) is 5.00 Å². The molecule has 1 atom stereocenters. The molecule has 9 nitrogen and oxygen atoms in total. The van der Waals surface area contributed by atoms with Gasteiger partial charge in [-0.25, -0.2) is 0 Å². The molecule has 10 heteroatoms. The van der Waals surface area contributed by atoms with E-state index in [9.17, 15) is 19.2 Å². The third kappa shape index (κ3) is 4.99. The van der Waals surface area contributed by atoms with Crippen LogP contribution in [0.4, 0.5) is 5.00 Å². The largest absolute Gasteiger partial charge is 0.452 e. The number of nitrogens with two attached hydrogens (primary N) is 1. The Balaban J connectivity index is 1.62. The van der Waals surface area contributed by atoms with Gasteiger partial charge in [-0.05, 0) is 31.2 Å². The molecule has 0 spiro atoms. The molecule has 3 rings (SSSR count). The Hall–Kier alpha value is -2.46. The lowest BCUT2D eigenvalue weighted by molar-refractivity contribution is -0.166. The van der Waals surface area contributed by atoms with Crippen LogP contribution in [0, 0.1) is 5.41 Å². The van der Waals surface area contributed by atoms with Gasteiger partial charge < -0.3 is 25.4 Å². The molecule has 1 saturated carbocycles. The van der Waals surface area contributed by atoms with E-state index in [1.807, 2.05) is 0 Å². The molecule has 1 aromatic rings. The van der Waals surface area contributed by atoms with Crippen LogP contribution in [0.15, 0.2) is 11.4 Å². The number of hydrogen-bond acceptors (Lipinski definition) is 7. The molecule has 2 aliphatic rings. The average molecular weight is 438 g/mol. The number of nitrogens with one attached hydrogen (secondary N) is 1. The van der Waals surface area contributed by atoms with Gasteiger partial charge in [0.2, 0.25) is 5.91 Å². The van der Waals surface area contributed by atoms with E-state index in [2.05, 4.69) is 5.32 Å². The number of esters is 1. The monoisotopic (exact) mass is 437 g/mol. The molecule has 30 heavy (non-hydrogen) atoms. The molecular formula is C20H27N3O6S. The smallest absolute Gasteiger partial charge is 0.313 e. The van der Waals surface area contributed by atoms with Gasteiger partial charge in [-0.3, -0.25) is 19.2 Å². The van der Waals surface area contributed by atoms with E-state index in [-0.39, 0.29) is 17.9 Å². The Kier molecular flexibility index (Phi) is 7.09. The third-order valence-electron chi connectivity index (χ3n) is 5.67. The molecule has 164 valence electrons. The van der Waals surface area contributed by atoms with E-state index < -0.39 is 29.3 Å². The van der Waals surface area contributed by atoms with Crippen LogP contribution in [-0.2, 0) is 23.9 Å². The van der Waals surface area contributed by atoms with Gasteiger partial charge in [0.05, 0.1) is 24.2 Å². The molecule has 3 amide bonds. The lowest BCUT2D eigenvalue weighted by atomic mass is 9.82. The van der Waals surface area contributed by atoms with Crippen molar-refractivity contribution in [3.05, 3.63) is 17.0 Å². The summed E-state index contributed by atoms with van der Waals surface area (Å²) >= 11 is 1.16. The van der Waals surface area contributed by atoms with Crippen LogP contribution in [0.3, 0.4) is 0 Å². The van der Waals surface area contributed by atoms with Crippen LogP contribution in [0.5, 0.6) is 0 Å². The highest BCUT2D eigenvalue weighted by Gasteiger charge is 2.46. The Morgan fingerprint density at radius 2 is 1.93 bits per heavy atom. The average Bonchev–Trinajstić information content (AvgIpc) is 3.39. The molecule has 0 radical (unpaired) electrons. The molecule has 1 aromatic heterocycles. The van der Waals surface area contributed by atoms with Crippen molar-refractivity contribution in [1.29, 1.82) is 0 Å². The predicted octanol–water partition coefficient (Wildman–Crippen LogP) is 1.53. The second kappa shape index (κ2) is 9.57. The maximum atomic E-state index is 13.0. The molecule has 1 aliphatic carbocycles. The summed E-state index contributed by atoms with van der Waals surface area (Å²) in [6.07, 6.45) is 1.81. The number of rotatable bonds is 7. The molecule has 1 unspecified atom stereocenters. The lowest BCUT2D eigenvalue weighted by Crippen LogP contribution is -2.45. The van der Waals surface area contributed by atoms with Crippen LogP contribution < -0.4 is 11.1 Å². The standard InChI is InChI=1S/C20H27N3O6S/c1-13(17(26)22-18-14(16(21)25)4-11-30-18)29-19(27)20(5-2-3-6-20)12-15(24)23-7-9-28-10-8-23/h4,11,13H,2-3,5-10,12H2,1H3,(H2,21,25)(H,22,26). The molecule has 3 N–H and O–H groups in total. The molecule has 2 fully saturated rings. The molecule has 1 aliphatic heterocycles. The highest BCUT2D eigenvalue weighted by atomic mass is 32.1. The zero-order valence-corrected chi connectivity index (χ0v) is 17.8. The Morgan fingerprint density at radius 1 is 1.27 bits per heavy atom. The number of amides is 3. The Labute approximate surface area is 178 Å². The Morgan fingerprint density at radius 3 is 2.57 bits per heavy atom. The number of morpholine rings is 1. The maximum absolute atomic E-state index is 13.0. The topological polar surface area (TPSA) is 128 Å². The van der Waals surface area contributed by atoms with E-state index in [0.29, 0.717) is 44.1 Å². The van der Waals surface area contributed by atoms with Gasteiger partial charge in [0.15, 0.2) is 6.10 Å². The van der Waals surface area contributed by atoms with Crippen LogP contribution in [0.2, 0.25) is 0 Å². The van der Waals surface area contributed by atoms with E-state index >= 15 is 0 Å². The minimum Gasteiger partial charge on any atom is -0.452 e. The predicted molar refractivity (Wildman–Crippen MR) is 110 cm³/mol. The first-order valence-electron chi connectivity index (χ1n) is 10.1. The second-order valence-corrected chi connectivity index (χ2v) is 8.64. The fourth-order valence-corrected chi connectivity index (χ4v) is 4.67. The fourth-order valence-electron chi connectivity index (χ4n) is 3.87. The summed E-state index contributed by atoms with van der Waals surface area (Å²) in [5, 5.41) is 4.53. The van der Waals surface area contributed by atoms with Gasteiger partial charge >= 0.3 is 5.97 Å². The highest BCUT2D eigenvalue weighted by Crippen LogP contribution is 2.43. The normalized spacial score (nSPS) is 19.2. The zero-order valence-electron chi connectivity index (χ0n) is 17.0. The summed E-state index contributed by atoms with van der Waals surface area (Å²) in [5.74, 6) is -1.81. The highest BCUT2D eigenvalue weighted by molar-refractivity contribution is 7.14. The Bertz CT molecular complexity index is 811. The number of anilines is 1. The van der Waals surface area contributed by atoms with Crippen molar-refractivity contribution in [3.8, 4) is 0 Å². The SMILES string of the molecule is CC(OC(=O)C1(CC(=O)N2CCOCC2)CCCC1)C(=O)Nc1sccc1C(N)=O. The molecule has 2 heterocycles. The summed E-state index contributed by atoms with van der Waals surface area (Å²) in [5.41, 5.74) is 4.59. The first-order valence-corrected chi connectivity index (χ1v) is 11.0. The molecule has 0 bridgehead atoms.